The molecule has 1 aromatic heterocycles. The van der Waals surface area contributed by atoms with Crippen molar-refractivity contribution in [2.75, 3.05) is 0 Å². The molecular formula is C15H13NO2. The van der Waals surface area contributed by atoms with Crippen LogP contribution in [0.2, 0.25) is 0 Å². The second-order valence-electron chi connectivity index (χ2n) is 4.58. The lowest BCUT2D eigenvalue weighted by atomic mass is 9.79. The van der Waals surface area contributed by atoms with Gasteiger partial charge in [0, 0.05) is 23.9 Å². The molecule has 0 saturated carbocycles. The van der Waals surface area contributed by atoms with Crippen LogP contribution in [0.15, 0.2) is 42.7 Å². The number of ketones is 1. The largest absolute Gasteiger partial charge is 0.508 e. The van der Waals surface area contributed by atoms with E-state index in [1.54, 1.807) is 30.6 Å². The van der Waals surface area contributed by atoms with Gasteiger partial charge >= 0.3 is 0 Å². The number of rotatable bonds is 1. The molecule has 3 heteroatoms. The molecule has 3 nitrogen and oxygen atoms in total. The SMILES string of the molecule is O=C1c2ccc(O)cc2CC[C@H]1c1cccnc1. The molecule has 18 heavy (non-hydrogen) atoms. The summed E-state index contributed by atoms with van der Waals surface area (Å²) >= 11 is 0. The zero-order valence-electron chi connectivity index (χ0n) is 9.84. The van der Waals surface area contributed by atoms with Crippen LogP contribution in [0.5, 0.6) is 5.75 Å². The van der Waals surface area contributed by atoms with E-state index in [1.165, 1.54) is 0 Å². The van der Waals surface area contributed by atoms with Crippen LogP contribution < -0.4 is 0 Å². The number of pyridine rings is 1. The fraction of sp³-hybridized carbons (Fsp3) is 0.200. The van der Waals surface area contributed by atoms with Crippen LogP contribution in [0.25, 0.3) is 0 Å². The van der Waals surface area contributed by atoms with Gasteiger partial charge in [-0.2, -0.15) is 0 Å². The molecule has 1 aliphatic rings. The third-order valence-corrected chi connectivity index (χ3v) is 3.46. The van der Waals surface area contributed by atoms with E-state index in [9.17, 15) is 9.90 Å². The molecule has 0 amide bonds. The number of hydrogen-bond donors (Lipinski definition) is 1. The Morgan fingerprint density at radius 2 is 2.17 bits per heavy atom. The average molecular weight is 239 g/mol. The number of aromatic hydroxyl groups is 1. The van der Waals surface area contributed by atoms with Crippen molar-refractivity contribution >= 4 is 5.78 Å². The smallest absolute Gasteiger partial charge is 0.170 e. The third kappa shape index (κ3) is 1.78. The maximum atomic E-state index is 12.4. The van der Waals surface area contributed by atoms with E-state index in [4.69, 9.17) is 0 Å². The molecule has 0 bridgehead atoms. The van der Waals surface area contributed by atoms with Crippen molar-refractivity contribution in [3.63, 3.8) is 0 Å². The Hall–Kier alpha value is -2.16. The Kier molecular flexibility index (Phi) is 2.59. The number of phenols is 1. The molecule has 90 valence electrons. The molecule has 1 heterocycles. The maximum Gasteiger partial charge on any atom is 0.170 e. The van der Waals surface area contributed by atoms with Gasteiger partial charge in [-0.1, -0.05) is 6.07 Å². The highest BCUT2D eigenvalue weighted by molar-refractivity contribution is 6.03. The Balaban J connectivity index is 2.00. The zero-order valence-corrected chi connectivity index (χ0v) is 9.84. The minimum Gasteiger partial charge on any atom is -0.508 e. The maximum absolute atomic E-state index is 12.4. The lowest BCUT2D eigenvalue weighted by molar-refractivity contribution is 0.0946. The van der Waals surface area contributed by atoms with Crippen LogP contribution in [0.3, 0.4) is 0 Å². The molecule has 1 atom stereocenters. The summed E-state index contributed by atoms with van der Waals surface area (Å²) in [6.07, 6.45) is 5.06. The van der Waals surface area contributed by atoms with Crippen molar-refractivity contribution in [1.82, 2.24) is 4.98 Å². The van der Waals surface area contributed by atoms with E-state index in [0.29, 0.717) is 0 Å². The van der Waals surface area contributed by atoms with Crippen molar-refractivity contribution in [3.05, 3.63) is 59.4 Å². The Labute approximate surface area is 105 Å². The van der Waals surface area contributed by atoms with Gasteiger partial charge < -0.3 is 5.11 Å². The quantitative estimate of drug-likeness (QED) is 0.832. The lowest BCUT2D eigenvalue weighted by Crippen LogP contribution is -2.20. The van der Waals surface area contributed by atoms with E-state index >= 15 is 0 Å². The normalized spacial score (nSPS) is 18.4. The van der Waals surface area contributed by atoms with Gasteiger partial charge in [-0.25, -0.2) is 0 Å². The average Bonchev–Trinajstić information content (AvgIpc) is 2.40. The number of Topliss-reactive ketones (excluding diaryl/α,β-unsaturated/α-hetero) is 1. The summed E-state index contributed by atoms with van der Waals surface area (Å²) in [4.78, 5) is 16.5. The third-order valence-electron chi connectivity index (χ3n) is 3.46. The monoisotopic (exact) mass is 239 g/mol. The second kappa shape index (κ2) is 4.26. The highest BCUT2D eigenvalue weighted by Gasteiger charge is 2.28. The molecule has 0 unspecified atom stereocenters. The highest BCUT2D eigenvalue weighted by Crippen LogP contribution is 2.33. The van der Waals surface area contributed by atoms with Crippen molar-refractivity contribution in [2.45, 2.75) is 18.8 Å². The number of phenolic OH excluding ortho intramolecular Hbond substituents is 1. The highest BCUT2D eigenvalue weighted by atomic mass is 16.3. The topological polar surface area (TPSA) is 50.2 Å². The Morgan fingerprint density at radius 3 is 2.94 bits per heavy atom. The number of benzene rings is 1. The van der Waals surface area contributed by atoms with Gasteiger partial charge in [0.2, 0.25) is 0 Å². The zero-order chi connectivity index (χ0) is 12.5. The predicted octanol–water partition coefficient (Wildman–Crippen LogP) is 2.70. The summed E-state index contributed by atoms with van der Waals surface area (Å²) in [7, 11) is 0. The van der Waals surface area contributed by atoms with E-state index in [-0.39, 0.29) is 17.5 Å². The molecule has 2 aromatic rings. The molecule has 0 spiro atoms. The minimum absolute atomic E-state index is 0.101. The number of hydrogen-bond acceptors (Lipinski definition) is 3. The van der Waals surface area contributed by atoms with E-state index < -0.39 is 0 Å². The molecular weight excluding hydrogens is 226 g/mol. The first kappa shape index (κ1) is 11.0. The van der Waals surface area contributed by atoms with Crippen LogP contribution in [0, 0.1) is 0 Å². The molecule has 0 radical (unpaired) electrons. The molecule has 1 aromatic carbocycles. The summed E-state index contributed by atoms with van der Waals surface area (Å²) in [6.45, 7) is 0. The van der Waals surface area contributed by atoms with Gasteiger partial charge in [-0.05, 0) is 48.2 Å². The summed E-state index contributed by atoms with van der Waals surface area (Å²) < 4.78 is 0. The van der Waals surface area contributed by atoms with Gasteiger partial charge in [0.25, 0.3) is 0 Å². The second-order valence-corrected chi connectivity index (χ2v) is 4.58. The number of aryl methyl sites for hydroxylation is 1. The summed E-state index contributed by atoms with van der Waals surface area (Å²) in [5.74, 6) is 0.251. The number of carbonyl (C=O) groups is 1. The predicted molar refractivity (Wildman–Crippen MR) is 67.7 cm³/mol. The number of carbonyl (C=O) groups excluding carboxylic acids is 1. The van der Waals surface area contributed by atoms with Gasteiger partial charge in [0.15, 0.2) is 5.78 Å². The van der Waals surface area contributed by atoms with Crippen molar-refractivity contribution in [3.8, 4) is 5.75 Å². The molecule has 0 aliphatic heterocycles. The van der Waals surface area contributed by atoms with Crippen LogP contribution in [0.4, 0.5) is 0 Å². The standard InChI is InChI=1S/C15H13NO2/c17-12-4-6-13-10(8-12)3-5-14(15(13)18)11-2-1-7-16-9-11/h1-2,4,6-9,14,17H,3,5H2/t14-/m0/s1. The van der Waals surface area contributed by atoms with Gasteiger partial charge in [0.05, 0.1) is 0 Å². The first-order valence-corrected chi connectivity index (χ1v) is 6.02. The number of fused-ring (bicyclic) bond motifs is 1. The fourth-order valence-electron chi connectivity index (χ4n) is 2.55. The van der Waals surface area contributed by atoms with Crippen molar-refractivity contribution < 1.29 is 9.90 Å². The molecule has 1 N–H and O–H groups in total. The molecule has 1 aliphatic carbocycles. The van der Waals surface area contributed by atoms with Crippen molar-refractivity contribution in [2.24, 2.45) is 0 Å². The van der Waals surface area contributed by atoms with Crippen LogP contribution in [-0.2, 0) is 6.42 Å². The minimum atomic E-state index is -0.101. The van der Waals surface area contributed by atoms with Crippen LogP contribution >= 0.6 is 0 Å². The summed E-state index contributed by atoms with van der Waals surface area (Å²) in [5, 5.41) is 9.44. The number of nitrogens with zero attached hydrogens (tertiary/aromatic N) is 1. The van der Waals surface area contributed by atoms with Crippen LogP contribution in [0.1, 0.15) is 33.8 Å². The lowest BCUT2D eigenvalue weighted by Gasteiger charge is -2.23. The molecule has 3 rings (SSSR count). The first-order valence-electron chi connectivity index (χ1n) is 6.02. The number of aromatic nitrogens is 1. The van der Waals surface area contributed by atoms with Gasteiger partial charge in [-0.15, -0.1) is 0 Å². The van der Waals surface area contributed by atoms with E-state index in [1.807, 2.05) is 12.1 Å². The Bertz CT molecular complexity index is 593. The Morgan fingerprint density at radius 1 is 1.28 bits per heavy atom. The van der Waals surface area contributed by atoms with E-state index in [2.05, 4.69) is 4.98 Å². The summed E-state index contributed by atoms with van der Waals surface area (Å²) in [6, 6.07) is 8.78. The van der Waals surface area contributed by atoms with Crippen molar-refractivity contribution in [1.29, 1.82) is 0 Å². The summed E-state index contributed by atoms with van der Waals surface area (Å²) in [5.41, 5.74) is 2.65. The van der Waals surface area contributed by atoms with Crippen LogP contribution in [-0.4, -0.2) is 15.9 Å². The van der Waals surface area contributed by atoms with Gasteiger partial charge in [-0.3, -0.25) is 9.78 Å². The molecule has 0 saturated heterocycles. The van der Waals surface area contributed by atoms with E-state index in [0.717, 1.165) is 29.5 Å². The molecule has 0 fully saturated rings. The first-order chi connectivity index (χ1) is 8.75. The van der Waals surface area contributed by atoms with Gasteiger partial charge in [0.1, 0.15) is 5.75 Å². The fourth-order valence-corrected chi connectivity index (χ4v) is 2.55.